The molecule has 0 aliphatic heterocycles. The van der Waals surface area contributed by atoms with Crippen LogP contribution in [0.2, 0.25) is 0 Å². The molecule has 2 rings (SSSR count). The summed E-state index contributed by atoms with van der Waals surface area (Å²) < 4.78 is 5.21. The average molecular weight is 246 g/mol. The first-order chi connectivity index (χ1) is 8.68. The lowest BCUT2D eigenvalue weighted by Crippen LogP contribution is -2.07. The first-order valence-electron chi connectivity index (χ1n) is 5.69. The first kappa shape index (κ1) is 12.2. The van der Waals surface area contributed by atoms with Gasteiger partial charge in [0.1, 0.15) is 11.4 Å². The third-order valence-electron chi connectivity index (χ3n) is 2.70. The lowest BCUT2D eigenvalue weighted by molar-refractivity contribution is -0.384. The molecule has 94 valence electrons. The van der Waals surface area contributed by atoms with Crippen LogP contribution in [0.15, 0.2) is 41.0 Å². The van der Waals surface area contributed by atoms with Gasteiger partial charge in [-0.1, -0.05) is 12.1 Å². The molecule has 2 aromatic rings. The number of anilines is 1. The molecule has 0 fully saturated rings. The van der Waals surface area contributed by atoms with Gasteiger partial charge in [-0.05, 0) is 24.6 Å². The Hall–Kier alpha value is -2.30. The number of hydrogen-bond donors (Lipinski definition) is 1. The number of rotatable bonds is 5. The third-order valence-corrected chi connectivity index (χ3v) is 2.70. The number of nitro groups is 1. The normalized spacial score (nSPS) is 10.3. The number of nitrogens with one attached hydrogen (secondary N) is 1. The van der Waals surface area contributed by atoms with Crippen LogP contribution in [-0.4, -0.2) is 11.5 Å². The van der Waals surface area contributed by atoms with E-state index in [1.807, 2.05) is 25.1 Å². The predicted octanol–water partition coefficient (Wildman–Crippen LogP) is 3.15. The largest absolute Gasteiger partial charge is 0.469 e. The second-order valence-corrected chi connectivity index (χ2v) is 3.98. The van der Waals surface area contributed by atoms with E-state index in [9.17, 15) is 10.1 Å². The SMILES string of the molecule is Cc1cccc([N+](=O)[O-])c1NCCc1ccco1. The molecule has 5 nitrogen and oxygen atoms in total. The Morgan fingerprint density at radius 3 is 2.83 bits per heavy atom. The van der Waals surface area contributed by atoms with E-state index in [1.165, 1.54) is 6.07 Å². The minimum Gasteiger partial charge on any atom is -0.469 e. The Morgan fingerprint density at radius 2 is 2.17 bits per heavy atom. The molecule has 0 amide bonds. The molecule has 1 heterocycles. The summed E-state index contributed by atoms with van der Waals surface area (Å²) in [7, 11) is 0. The van der Waals surface area contributed by atoms with Crippen molar-refractivity contribution in [1.82, 2.24) is 0 Å². The summed E-state index contributed by atoms with van der Waals surface area (Å²) in [6, 6.07) is 8.75. The van der Waals surface area contributed by atoms with E-state index in [4.69, 9.17) is 4.42 Å². The van der Waals surface area contributed by atoms with Crippen molar-refractivity contribution in [3.8, 4) is 0 Å². The van der Waals surface area contributed by atoms with E-state index in [0.717, 1.165) is 11.3 Å². The Kier molecular flexibility index (Phi) is 3.62. The van der Waals surface area contributed by atoms with Crippen LogP contribution in [0, 0.1) is 17.0 Å². The van der Waals surface area contributed by atoms with Crippen molar-refractivity contribution in [2.24, 2.45) is 0 Å². The maximum Gasteiger partial charge on any atom is 0.292 e. The Labute approximate surface area is 105 Å². The van der Waals surface area contributed by atoms with Crippen LogP contribution in [0.3, 0.4) is 0 Å². The molecule has 0 aliphatic rings. The van der Waals surface area contributed by atoms with Crippen LogP contribution >= 0.6 is 0 Å². The summed E-state index contributed by atoms with van der Waals surface area (Å²) in [4.78, 5) is 10.5. The van der Waals surface area contributed by atoms with Gasteiger partial charge < -0.3 is 9.73 Å². The second kappa shape index (κ2) is 5.35. The smallest absolute Gasteiger partial charge is 0.292 e. The monoisotopic (exact) mass is 246 g/mol. The molecule has 0 atom stereocenters. The van der Waals surface area contributed by atoms with E-state index in [2.05, 4.69) is 5.32 Å². The Bertz CT molecular complexity index is 535. The minimum atomic E-state index is -0.373. The lowest BCUT2D eigenvalue weighted by atomic mass is 10.1. The van der Waals surface area contributed by atoms with Crippen LogP contribution in [0.4, 0.5) is 11.4 Å². The Balaban J connectivity index is 2.06. The quantitative estimate of drug-likeness (QED) is 0.650. The van der Waals surface area contributed by atoms with Gasteiger partial charge in [0.25, 0.3) is 5.69 Å². The molecule has 0 spiro atoms. The number of benzene rings is 1. The highest BCUT2D eigenvalue weighted by atomic mass is 16.6. The van der Waals surface area contributed by atoms with Crippen LogP contribution in [0.1, 0.15) is 11.3 Å². The van der Waals surface area contributed by atoms with Crippen LogP contribution in [0.5, 0.6) is 0 Å². The topological polar surface area (TPSA) is 68.3 Å². The van der Waals surface area contributed by atoms with Gasteiger partial charge >= 0.3 is 0 Å². The maximum absolute atomic E-state index is 10.9. The van der Waals surface area contributed by atoms with Crippen molar-refractivity contribution in [1.29, 1.82) is 0 Å². The van der Waals surface area contributed by atoms with Crippen molar-refractivity contribution in [3.63, 3.8) is 0 Å². The lowest BCUT2D eigenvalue weighted by Gasteiger charge is -2.08. The number of furan rings is 1. The molecule has 0 radical (unpaired) electrons. The van der Waals surface area contributed by atoms with Gasteiger partial charge in [-0.25, -0.2) is 0 Å². The Morgan fingerprint density at radius 1 is 1.33 bits per heavy atom. The molecule has 0 unspecified atom stereocenters. The standard InChI is InChI=1S/C13H14N2O3/c1-10-4-2-6-12(15(16)17)13(10)14-8-7-11-5-3-9-18-11/h2-6,9,14H,7-8H2,1H3. The molecule has 5 heteroatoms. The van der Waals surface area contributed by atoms with Gasteiger partial charge in [-0.3, -0.25) is 10.1 Å². The molecule has 0 saturated carbocycles. The zero-order chi connectivity index (χ0) is 13.0. The molecule has 0 bridgehead atoms. The van der Waals surface area contributed by atoms with Gasteiger partial charge in [0.15, 0.2) is 0 Å². The fraction of sp³-hybridized carbons (Fsp3) is 0.231. The summed E-state index contributed by atoms with van der Waals surface area (Å²) in [6.07, 6.45) is 2.31. The van der Waals surface area contributed by atoms with Gasteiger partial charge in [0.05, 0.1) is 11.2 Å². The van der Waals surface area contributed by atoms with Crippen LogP contribution in [-0.2, 0) is 6.42 Å². The fourth-order valence-corrected chi connectivity index (χ4v) is 1.80. The van der Waals surface area contributed by atoms with E-state index >= 15 is 0 Å². The van der Waals surface area contributed by atoms with Crippen molar-refractivity contribution in [3.05, 3.63) is 58.0 Å². The number of hydrogen-bond acceptors (Lipinski definition) is 4. The highest BCUT2D eigenvalue weighted by Gasteiger charge is 2.14. The number of nitro benzene ring substituents is 1. The number of para-hydroxylation sites is 1. The van der Waals surface area contributed by atoms with Crippen molar-refractivity contribution < 1.29 is 9.34 Å². The number of aryl methyl sites for hydroxylation is 1. The van der Waals surface area contributed by atoms with Gasteiger partial charge in [-0.15, -0.1) is 0 Å². The van der Waals surface area contributed by atoms with Crippen molar-refractivity contribution in [2.75, 3.05) is 11.9 Å². The van der Waals surface area contributed by atoms with E-state index in [-0.39, 0.29) is 10.6 Å². The first-order valence-corrected chi connectivity index (χ1v) is 5.69. The molecule has 1 aromatic carbocycles. The highest BCUT2D eigenvalue weighted by Crippen LogP contribution is 2.27. The average Bonchev–Trinajstić information content (AvgIpc) is 2.84. The summed E-state index contributed by atoms with van der Waals surface area (Å²) in [5.41, 5.74) is 1.55. The van der Waals surface area contributed by atoms with Crippen LogP contribution in [0.25, 0.3) is 0 Å². The molecule has 0 saturated heterocycles. The van der Waals surface area contributed by atoms with E-state index in [0.29, 0.717) is 18.7 Å². The number of nitrogens with zero attached hydrogens (tertiary/aromatic N) is 1. The van der Waals surface area contributed by atoms with Crippen LogP contribution < -0.4 is 5.32 Å². The zero-order valence-electron chi connectivity index (χ0n) is 10.1. The molecular formula is C13H14N2O3. The molecule has 18 heavy (non-hydrogen) atoms. The third kappa shape index (κ3) is 2.68. The maximum atomic E-state index is 10.9. The zero-order valence-corrected chi connectivity index (χ0v) is 10.1. The summed E-state index contributed by atoms with van der Waals surface area (Å²) in [5, 5.41) is 14.0. The fourth-order valence-electron chi connectivity index (χ4n) is 1.80. The summed E-state index contributed by atoms with van der Waals surface area (Å²) in [6.45, 7) is 2.45. The molecule has 1 aromatic heterocycles. The summed E-state index contributed by atoms with van der Waals surface area (Å²) >= 11 is 0. The minimum absolute atomic E-state index is 0.106. The van der Waals surface area contributed by atoms with Crippen molar-refractivity contribution >= 4 is 11.4 Å². The van der Waals surface area contributed by atoms with Gasteiger partial charge in [0, 0.05) is 19.0 Å². The van der Waals surface area contributed by atoms with E-state index in [1.54, 1.807) is 12.3 Å². The van der Waals surface area contributed by atoms with Gasteiger partial charge in [0.2, 0.25) is 0 Å². The summed E-state index contributed by atoms with van der Waals surface area (Å²) in [5.74, 6) is 0.860. The second-order valence-electron chi connectivity index (χ2n) is 3.98. The highest BCUT2D eigenvalue weighted by molar-refractivity contribution is 5.65. The van der Waals surface area contributed by atoms with Gasteiger partial charge in [-0.2, -0.15) is 0 Å². The molecule has 0 aliphatic carbocycles. The van der Waals surface area contributed by atoms with Crippen molar-refractivity contribution in [2.45, 2.75) is 13.3 Å². The predicted molar refractivity (Wildman–Crippen MR) is 68.7 cm³/mol. The molecule has 1 N–H and O–H groups in total. The van der Waals surface area contributed by atoms with E-state index < -0.39 is 0 Å². The molecular weight excluding hydrogens is 232 g/mol.